The van der Waals surface area contributed by atoms with E-state index in [1.807, 2.05) is 65.1 Å². The monoisotopic (exact) mass is 1650 g/mol. The second kappa shape index (κ2) is 36.3. The Hall–Kier alpha value is -12.9. The fraction of sp³-hybridized carbons (Fsp3) is 0.299. The molecule has 5 atom stereocenters. The Balaban J connectivity index is 0.000000122. The van der Waals surface area contributed by atoms with E-state index in [0.29, 0.717) is 134 Å². The van der Waals surface area contributed by atoms with Gasteiger partial charge in [-0.15, -0.1) is 0 Å². The minimum atomic E-state index is -2.78. The molecule has 1 saturated carbocycles. The number of cyclic esters (lactones) is 5. The Labute approximate surface area is 683 Å². The number of fused-ring (bicyclic) bond motifs is 2. The molecule has 5 aromatic heterocycles. The van der Waals surface area contributed by atoms with E-state index in [2.05, 4.69) is 35.3 Å². The molecule has 6 fully saturated rings. The number of pyridine rings is 2. The van der Waals surface area contributed by atoms with Crippen LogP contribution in [0.4, 0.5) is 83.1 Å². The highest BCUT2D eigenvalue weighted by atomic mass is 32.2. The molecule has 6 aromatic carbocycles. The van der Waals surface area contributed by atoms with Crippen molar-refractivity contribution in [3.63, 3.8) is 0 Å². The lowest BCUT2D eigenvalue weighted by molar-refractivity contribution is 0.0566. The molecule has 2 N–H and O–H groups in total. The van der Waals surface area contributed by atoms with Gasteiger partial charge in [0, 0.05) is 116 Å². The zero-order valence-corrected chi connectivity index (χ0v) is 66.3. The number of nitrogens with zero attached hydrogens (tertiary/aromatic N) is 11. The van der Waals surface area contributed by atoms with E-state index in [9.17, 15) is 59.5 Å². The smallest absolute Gasteiger partial charge is 0.414 e. The van der Waals surface area contributed by atoms with Gasteiger partial charge >= 0.3 is 37.0 Å². The van der Waals surface area contributed by atoms with Crippen molar-refractivity contribution in [1.82, 2.24) is 40.0 Å². The third kappa shape index (κ3) is 18.5. The second-order valence-electron chi connectivity index (χ2n) is 28.8. The third-order valence-corrected chi connectivity index (χ3v) is 21.7. The van der Waals surface area contributed by atoms with Crippen molar-refractivity contribution in [1.29, 1.82) is 0 Å². The number of H-pyrrole nitrogens is 1. The highest BCUT2D eigenvalue weighted by Crippen LogP contribution is 2.41. The molecule has 0 unspecified atom stereocenters. The van der Waals surface area contributed by atoms with E-state index < -0.39 is 60.3 Å². The fourth-order valence-electron chi connectivity index (χ4n) is 14.2. The number of ether oxygens (including phenoxy) is 5. The number of hydrogen-bond acceptors (Lipinski definition) is 17. The molecule has 119 heavy (non-hydrogen) atoms. The first kappa shape index (κ1) is 82.7. The van der Waals surface area contributed by atoms with E-state index in [1.165, 1.54) is 91.7 Å². The number of alkyl halides is 2. The molecule has 0 radical (unpaired) electrons. The minimum Gasteiger partial charge on any atom is -0.444 e. The van der Waals surface area contributed by atoms with Gasteiger partial charge in [-0.05, 0) is 178 Å². The number of benzene rings is 6. The van der Waals surface area contributed by atoms with Crippen LogP contribution in [0.3, 0.4) is 0 Å². The Morgan fingerprint density at radius 3 is 1.20 bits per heavy atom. The maximum Gasteiger partial charge on any atom is 0.414 e. The van der Waals surface area contributed by atoms with Crippen molar-refractivity contribution in [3.05, 3.63) is 223 Å². The van der Waals surface area contributed by atoms with Gasteiger partial charge in [0.25, 0.3) is 5.91 Å². The second-order valence-corrected chi connectivity index (χ2v) is 29.6. The van der Waals surface area contributed by atoms with Crippen molar-refractivity contribution >= 4 is 87.5 Å². The van der Waals surface area contributed by atoms with Crippen LogP contribution in [0.2, 0.25) is 0 Å². The van der Waals surface area contributed by atoms with Gasteiger partial charge in [-0.1, -0.05) is 58.5 Å². The zero-order valence-electron chi connectivity index (χ0n) is 65.4. The Kier molecular flexibility index (Phi) is 25.2. The predicted octanol–water partition coefficient (Wildman–Crippen LogP) is 19.6. The number of aromatic nitrogens is 7. The molecule has 32 heteroatoms. The largest absolute Gasteiger partial charge is 0.444 e. The van der Waals surface area contributed by atoms with Crippen molar-refractivity contribution in [2.45, 2.75) is 134 Å². The highest BCUT2D eigenvalue weighted by Gasteiger charge is 2.37. The van der Waals surface area contributed by atoms with Gasteiger partial charge in [-0.25, -0.2) is 60.6 Å². The molecule has 24 nitrogen and oxygen atoms in total. The molecule has 11 aromatic rings. The fourth-order valence-corrected chi connectivity index (χ4v) is 14.5. The number of hydrogen-bond donors (Lipinski definition) is 2. The van der Waals surface area contributed by atoms with Crippen LogP contribution in [-0.2, 0) is 30.2 Å². The van der Waals surface area contributed by atoms with Gasteiger partial charge < -0.3 is 34.0 Å². The van der Waals surface area contributed by atoms with E-state index >= 15 is 0 Å². The lowest BCUT2D eigenvalue weighted by Crippen LogP contribution is -2.24. The van der Waals surface area contributed by atoms with E-state index in [1.54, 1.807) is 104 Å². The first-order valence-corrected chi connectivity index (χ1v) is 40.1. The normalized spacial score (nSPS) is 18.4. The maximum atomic E-state index is 14.7. The first-order chi connectivity index (χ1) is 57.5. The minimum absolute atomic E-state index is 0.101. The number of amides is 6. The number of carbonyl (C=O) groups is 6. The Bertz CT molecular complexity index is 5610. The molecule has 1 aliphatic carbocycles. The molecular formula is C87H82F7N13O11S. The van der Waals surface area contributed by atoms with Gasteiger partial charge in [0.05, 0.1) is 79.1 Å². The number of rotatable bonds is 18. The number of nitrogens with one attached hydrogen (secondary N) is 2. The van der Waals surface area contributed by atoms with E-state index in [4.69, 9.17) is 23.7 Å². The third-order valence-electron chi connectivity index (χ3n) is 21.2. The van der Waals surface area contributed by atoms with Gasteiger partial charge in [0.15, 0.2) is 5.16 Å². The summed E-state index contributed by atoms with van der Waals surface area (Å²) in [4.78, 5) is 98.1. The number of aromatic amines is 1. The zero-order chi connectivity index (χ0) is 83.9. The van der Waals surface area contributed by atoms with E-state index in [0.717, 1.165) is 59.6 Å². The molecule has 7 aliphatic rings. The molecular weight excluding hydrogens is 1570 g/mol. The lowest BCUT2D eigenvalue weighted by atomic mass is 9.99. The maximum absolute atomic E-state index is 14.7. The molecule has 5 saturated heterocycles. The quantitative estimate of drug-likeness (QED) is 0.0350. The predicted molar refractivity (Wildman–Crippen MR) is 434 cm³/mol. The summed E-state index contributed by atoms with van der Waals surface area (Å²) in [6.45, 7) is 9.52. The molecule has 616 valence electrons. The van der Waals surface area contributed by atoms with Crippen molar-refractivity contribution in [2.24, 2.45) is 0 Å². The first-order valence-electron chi connectivity index (χ1n) is 38.9. The van der Waals surface area contributed by atoms with Crippen LogP contribution in [0.15, 0.2) is 182 Å². The summed E-state index contributed by atoms with van der Waals surface area (Å²) in [5.41, 5.74) is 10.7. The van der Waals surface area contributed by atoms with Crippen LogP contribution < -0.4 is 29.8 Å². The van der Waals surface area contributed by atoms with Gasteiger partial charge in [0.1, 0.15) is 59.6 Å². The number of anilines is 5. The SMILES string of the molecule is CC[C@H]1CN(c2ccc(-c3ccc(C4CC4)nc3)c(F)c2)C(=O)O1.CC[C@H]1CN(c2ccc(-c3ccc4c(c3)CNC4=O)c(F)c2)C(=O)O1.CC[C@H]1CN(c2ccc(-c3cnc(SC)nc3)c(F)c2)C(=O)O1.CC[C@H]1CN(c2ccc(-c3cncc4[nH]ccc34)c(F)c2)C(=O)O1.CC[C@H]1CN(c2ccc(-c3cnn(C(F)F)c3)c(F)c2)C(=O)O1. The molecule has 6 amide bonds. The number of carbonyl (C=O) groups excluding carboxylic acids is 6. The van der Waals surface area contributed by atoms with Crippen molar-refractivity contribution < 1.29 is 83.2 Å². The Morgan fingerprint density at radius 2 is 0.824 bits per heavy atom. The van der Waals surface area contributed by atoms with Crippen molar-refractivity contribution in [2.75, 3.05) is 63.5 Å². The van der Waals surface area contributed by atoms with Crippen LogP contribution >= 0.6 is 11.8 Å². The van der Waals surface area contributed by atoms with Gasteiger partial charge in [-0.3, -0.25) is 39.3 Å². The van der Waals surface area contributed by atoms with Crippen LogP contribution in [0.5, 0.6) is 0 Å². The van der Waals surface area contributed by atoms with Crippen molar-refractivity contribution in [3.8, 4) is 55.6 Å². The number of halogens is 7. The van der Waals surface area contributed by atoms with Gasteiger partial charge in [0.2, 0.25) is 0 Å². The Morgan fingerprint density at radius 1 is 0.429 bits per heavy atom. The van der Waals surface area contributed by atoms with Crippen LogP contribution in [0.1, 0.15) is 114 Å². The average Bonchev–Trinajstić information content (AvgIpc) is 1.70. The highest BCUT2D eigenvalue weighted by molar-refractivity contribution is 7.98. The van der Waals surface area contributed by atoms with Crippen LogP contribution in [0.25, 0.3) is 66.5 Å². The van der Waals surface area contributed by atoms with Crippen LogP contribution in [0, 0.1) is 29.1 Å². The lowest BCUT2D eigenvalue weighted by Gasteiger charge is -2.14. The van der Waals surface area contributed by atoms with E-state index in [-0.39, 0.29) is 53.4 Å². The average molecular weight is 1650 g/mol. The number of thioether (sulfide) groups is 1. The summed E-state index contributed by atoms with van der Waals surface area (Å²) >= 11 is 1.42. The summed E-state index contributed by atoms with van der Waals surface area (Å²) in [5, 5.41) is 7.77. The summed E-state index contributed by atoms with van der Waals surface area (Å²) in [6.07, 6.45) is 17.2. The standard InChI is InChI=1S/C19H17FN2O3.C19H19FN2O2.C18H16FN3O2.C16H16FN3O2S.C15H14F3N3O2/c1-2-14-10-22(19(24)25-14)13-4-6-15(17(20)8-13)11-3-5-16-12(7-11)9-21-18(16)23;1-2-15-11-22(19(23)24-15)14-6-7-16(17(20)9-14)13-5-8-18(21-10-13)12-3-4-12;1-2-12-10-22(18(23)24-12)11-3-4-13(16(19)7-11)15-8-20-9-17-14(15)5-6-21-17;1-3-12-9-20(16(21)22-12)11-4-5-13(14(17)6-11)10-7-18-15(23-2)19-8-10;1-2-11-8-20(15(22)23-11)10-3-4-12(13(16)5-10)9-6-19-21(7-9)14(17)18/h3-8,14H,2,9-10H2,1H3,(H,21,23);5-10,12,15H,2-4,11H2,1H3;3-9,12,21H,2,10H2,1H3;4-8,12H,3,9H2,1-2H3;3-7,11,14H,2,8H2,1H3/t14-;15-;2*12-;11-/m00000/s1. The van der Waals surface area contributed by atoms with Gasteiger partial charge in [-0.2, -0.15) is 13.9 Å². The molecule has 0 spiro atoms. The summed E-state index contributed by atoms with van der Waals surface area (Å²) in [5.74, 6) is -1.73. The summed E-state index contributed by atoms with van der Waals surface area (Å²) in [6, 6.07) is 34.3. The van der Waals surface area contributed by atoms with Crippen LogP contribution in [-0.4, -0.2) is 141 Å². The topological polar surface area (TPSA) is 262 Å². The summed E-state index contributed by atoms with van der Waals surface area (Å²) < 4.78 is 124. The molecule has 11 heterocycles. The molecule has 6 aliphatic heterocycles. The molecule has 18 rings (SSSR count). The summed E-state index contributed by atoms with van der Waals surface area (Å²) in [7, 11) is 0. The molecule has 0 bridgehead atoms.